The Kier molecular flexibility index (Phi) is 6.24. The molecule has 0 aliphatic rings. The minimum Gasteiger partial charge on any atom is -0.325 e. The lowest BCUT2D eigenvalue weighted by Crippen LogP contribution is -2.15. The lowest BCUT2D eigenvalue weighted by Gasteiger charge is -2.12. The van der Waals surface area contributed by atoms with Crippen LogP contribution in [0, 0.1) is 12.8 Å². The van der Waals surface area contributed by atoms with Crippen LogP contribution in [0.25, 0.3) is 11.4 Å². The number of aromatic nitrogens is 4. The molecule has 0 bridgehead atoms. The van der Waals surface area contributed by atoms with Crippen LogP contribution in [0.5, 0.6) is 0 Å². The molecule has 0 aliphatic carbocycles. The summed E-state index contributed by atoms with van der Waals surface area (Å²) in [5.41, 5.74) is 2.88. The van der Waals surface area contributed by atoms with Crippen LogP contribution in [0.1, 0.15) is 19.4 Å². The molecule has 1 N–H and O–H groups in total. The van der Waals surface area contributed by atoms with E-state index in [0.717, 1.165) is 34.3 Å². The summed E-state index contributed by atoms with van der Waals surface area (Å²) in [5.74, 6) is 1.45. The van der Waals surface area contributed by atoms with Crippen LogP contribution in [-0.2, 0) is 11.3 Å². The zero-order chi connectivity index (χ0) is 19.2. The molecule has 0 atom stereocenters. The number of anilines is 1. The quantitative estimate of drug-likeness (QED) is 0.626. The van der Waals surface area contributed by atoms with Crippen LogP contribution in [-0.4, -0.2) is 31.4 Å². The Morgan fingerprint density at radius 2 is 1.96 bits per heavy atom. The number of rotatable bonds is 7. The highest BCUT2D eigenvalue weighted by molar-refractivity contribution is 7.99. The largest absolute Gasteiger partial charge is 0.325 e. The summed E-state index contributed by atoms with van der Waals surface area (Å²) in [4.78, 5) is 16.4. The molecule has 0 saturated heterocycles. The van der Waals surface area contributed by atoms with E-state index in [2.05, 4.69) is 38.9 Å². The standard InChI is InChI=1S/C20H23N5OS/c1-14(2)12-25-19(16-7-9-21-10-8-16)23-24-20(25)27-13-18(26)22-17-6-4-5-15(3)11-17/h4-11,14H,12-13H2,1-3H3,(H,22,26). The Morgan fingerprint density at radius 3 is 2.67 bits per heavy atom. The van der Waals surface area contributed by atoms with E-state index in [4.69, 9.17) is 0 Å². The van der Waals surface area contributed by atoms with Crippen LogP contribution >= 0.6 is 11.8 Å². The number of carbonyl (C=O) groups is 1. The van der Waals surface area contributed by atoms with Gasteiger partial charge in [0.05, 0.1) is 5.75 Å². The Hall–Kier alpha value is -2.67. The maximum absolute atomic E-state index is 12.3. The minimum absolute atomic E-state index is 0.0600. The molecule has 27 heavy (non-hydrogen) atoms. The number of hydrogen-bond donors (Lipinski definition) is 1. The summed E-state index contributed by atoms with van der Waals surface area (Å²) in [5, 5.41) is 12.3. The molecule has 1 amide bonds. The Labute approximate surface area is 163 Å². The number of nitrogens with one attached hydrogen (secondary N) is 1. The number of hydrogen-bond acceptors (Lipinski definition) is 5. The van der Waals surface area contributed by atoms with Crippen LogP contribution < -0.4 is 5.32 Å². The lowest BCUT2D eigenvalue weighted by atomic mass is 10.2. The molecule has 1 aromatic carbocycles. The summed E-state index contributed by atoms with van der Waals surface area (Å²) >= 11 is 1.40. The predicted molar refractivity (Wildman–Crippen MR) is 109 cm³/mol. The van der Waals surface area contributed by atoms with Gasteiger partial charge in [-0.2, -0.15) is 0 Å². The molecule has 2 aromatic heterocycles. The number of nitrogens with zero attached hydrogens (tertiary/aromatic N) is 4. The summed E-state index contributed by atoms with van der Waals surface area (Å²) < 4.78 is 2.07. The van der Waals surface area contributed by atoms with Crippen molar-refractivity contribution < 1.29 is 4.79 Å². The van der Waals surface area contributed by atoms with Crippen molar-refractivity contribution in [3.05, 3.63) is 54.4 Å². The molecule has 140 valence electrons. The first-order chi connectivity index (χ1) is 13.0. The van der Waals surface area contributed by atoms with Gasteiger partial charge in [-0.25, -0.2) is 0 Å². The molecular weight excluding hydrogens is 358 g/mol. The van der Waals surface area contributed by atoms with Crippen molar-refractivity contribution in [1.82, 2.24) is 19.7 Å². The van der Waals surface area contributed by atoms with Gasteiger partial charge in [-0.1, -0.05) is 37.7 Å². The molecule has 0 spiro atoms. The summed E-state index contributed by atoms with van der Waals surface area (Å²) in [6.07, 6.45) is 3.48. The highest BCUT2D eigenvalue weighted by atomic mass is 32.2. The first-order valence-electron chi connectivity index (χ1n) is 8.86. The topological polar surface area (TPSA) is 72.7 Å². The minimum atomic E-state index is -0.0600. The van der Waals surface area contributed by atoms with E-state index < -0.39 is 0 Å². The molecule has 0 fully saturated rings. The van der Waals surface area contributed by atoms with E-state index in [1.807, 2.05) is 43.3 Å². The van der Waals surface area contributed by atoms with E-state index in [1.165, 1.54) is 11.8 Å². The molecular formula is C20H23N5OS. The van der Waals surface area contributed by atoms with Crippen molar-refractivity contribution in [2.24, 2.45) is 5.92 Å². The zero-order valence-corrected chi connectivity index (χ0v) is 16.5. The third-order valence-electron chi connectivity index (χ3n) is 3.84. The van der Waals surface area contributed by atoms with Crippen molar-refractivity contribution in [1.29, 1.82) is 0 Å². The van der Waals surface area contributed by atoms with Gasteiger partial charge in [0, 0.05) is 30.2 Å². The van der Waals surface area contributed by atoms with Crippen LogP contribution in [0.4, 0.5) is 5.69 Å². The Balaban J connectivity index is 1.72. The molecule has 7 heteroatoms. The zero-order valence-electron chi connectivity index (χ0n) is 15.7. The van der Waals surface area contributed by atoms with Crippen molar-refractivity contribution in [2.45, 2.75) is 32.5 Å². The van der Waals surface area contributed by atoms with Crippen molar-refractivity contribution in [3.8, 4) is 11.4 Å². The Morgan fingerprint density at radius 1 is 1.19 bits per heavy atom. The van der Waals surface area contributed by atoms with Crippen LogP contribution in [0.2, 0.25) is 0 Å². The van der Waals surface area contributed by atoms with Gasteiger partial charge in [-0.05, 0) is 42.7 Å². The van der Waals surface area contributed by atoms with Gasteiger partial charge in [0.2, 0.25) is 5.91 Å². The average molecular weight is 382 g/mol. The van der Waals surface area contributed by atoms with Crippen LogP contribution in [0.15, 0.2) is 53.9 Å². The summed E-state index contributed by atoms with van der Waals surface area (Å²) in [6.45, 7) is 7.08. The highest BCUT2D eigenvalue weighted by Gasteiger charge is 2.16. The van der Waals surface area contributed by atoms with Crippen LogP contribution in [0.3, 0.4) is 0 Å². The van der Waals surface area contributed by atoms with Gasteiger partial charge in [0.25, 0.3) is 0 Å². The molecule has 2 heterocycles. The number of amides is 1. The van der Waals surface area contributed by atoms with Crippen molar-refractivity contribution >= 4 is 23.4 Å². The van der Waals surface area contributed by atoms with Gasteiger partial charge in [-0.15, -0.1) is 10.2 Å². The summed E-state index contributed by atoms with van der Waals surface area (Å²) in [7, 11) is 0. The fourth-order valence-corrected chi connectivity index (χ4v) is 3.44. The first-order valence-corrected chi connectivity index (χ1v) is 9.84. The number of pyridine rings is 1. The maximum Gasteiger partial charge on any atom is 0.234 e. The predicted octanol–water partition coefficient (Wildman–Crippen LogP) is 4.04. The maximum atomic E-state index is 12.3. The number of benzene rings is 1. The average Bonchev–Trinajstić information content (AvgIpc) is 3.02. The SMILES string of the molecule is Cc1cccc(NC(=O)CSc2nnc(-c3ccncc3)n2CC(C)C)c1. The number of thioether (sulfide) groups is 1. The van der Waals surface area contributed by atoms with E-state index in [0.29, 0.717) is 5.92 Å². The molecule has 3 aromatic rings. The summed E-state index contributed by atoms with van der Waals surface area (Å²) in [6, 6.07) is 11.6. The normalized spacial score (nSPS) is 11.0. The molecule has 0 saturated carbocycles. The van der Waals surface area contributed by atoms with Crippen molar-refractivity contribution in [2.75, 3.05) is 11.1 Å². The third-order valence-corrected chi connectivity index (χ3v) is 4.80. The monoisotopic (exact) mass is 381 g/mol. The smallest absolute Gasteiger partial charge is 0.234 e. The second-order valence-electron chi connectivity index (χ2n) is 6.75. The molecule has 6 nitrogen and oxygen atoms in total. The Bertz CT molecular complexity index is 908. The number of aryl methyl sites for hydroxylation is 1. The third kappa shape index (κ3) is 5.17. The van der Waals surface area contributed by atoms with E-state index in [-0.39, 0.29) is 11.7 Å². The molecule has 0 radical (unpaired) electrons. The van der Waals surface area contributed by atoms with Gasteiger partial charge >= 0.3 is 0 Å². The second kappa shape index (κ2) is 8.81. The first kappa shape index (κ1) is 19.1. The molecule has 0 unspecified atom stereocenters. The van der Waals surface area contributed by atoms with E-state index >= 15 is 0 Å². The fourth-order valence-electron chi connectivity index (χ4n) is 2.69. The fraction of sp³-hybridized carbons (Fsp3) is 0.300. The van der Waals surface area contributed by atoms with Crippen molar-refractivity contribution in [3.63, 3.8) is 0 Å². The molecule has 0 aliphatic heterocycles. The number of carbonyl (C=O) groups excluding carboxylic acids is 1. The van der Waals surface area contributed by atoms with Gasteiger partial charge in [0.1, 0.15) is 0 Å². The van der Waals surface area contributed by atoms with Gasteiger partial charge < -0.3 is 9.88 Å². The lowest BCUT2D eigenvalue weighted by molar-refractivity contribution is -0.113. The highest BCUT2D eigenvalue weighted by Crippen LogP contribution is 2.25. The van der Waals surface area contributed by atoms with Gasteiger partial charge in [-0.3, -0.25) is 9.78 Å². The van der Waals surface area contributed by atoms with E-state index in [9.17, 15) is 4.79 Å². The van der Waals surface area contributed by atoms with Gasteiger partial charge in [0.15, 0.2) is 11.0 Å². The molecule has 3 rings (SSSR count). The van der Waals surface area contributed by atoms with E-state index in [1.54, 1.807) is 12.4 Å². The second-order valence-corrected chi connectivity index (χ2v) is 7.70.